The molecule has 0 radical (unpaired) electrons. The van der Waals surface area contributed by atoms with Gasteiger partial charge in [0.1, 0.15) is 11.6 Å². The van der Waals surface area contributed by atoms with Crippen molar-refractivity contribution in [2.75, 3.05) is 0 Å². The quantitative estimate of drug-likeness (QED) is 0.818. The van der Waals surface area contributed by atoms with Crippen molar-refractivity contribution < 1.29 is 4.39 Å². The number of nitrogens with zero attached hydrogens (tertiary/aromatic N) is 4. The SMILES string of the molecule is Cc1nnc(Sc2cc(F)cc(C#N)c2)n1C. The summed E-state index contributed by atoms with van der Waals surface area (Å²) in [6, 6.07) is 6.11. The van der Waals surface area contributed by atoms with Gasteiger partial charge in [0, 0.05) is 11.9 Å². The molecule has 1 aromatic heterocycles. The van der Waals surface area contributed by atoms with E-state index in [4.69, 9.17) is 5.26 Å². The van der Waals surface area contributed by atoms with Gasteiger partial charge in [-0.15, -0.1) is 10.2 Å². The highest BCUT2D eigenvalue weighted by Gasteiger charge is 2.08. The van der Waals surface area contributed by atoms with E-state index >= 15 is 0 Å². The second-order valence-electron chi connectivity index (χ2n) is 3.48. The van der Waals surface area contributed by atoms with Crippen molar-refractivity contribution in [1.82, 2.24) is 14.8 Å². The maximum absolute atomic E-state index is 13.2. The maximum atomic E-state index is 13.2. The van der Waals surface area contributed by atoms with Crippen LogP contribution in [0.3, 0.4) is 0 Å². The van der Waals surface area contributed by atoms with Crippen molar-refractivity contribution in [2.24, 2.45) is 7.05 Å². The summed E-state index contributed by atoms with van der Waals surface area (Å²) >= 11 is 1.28. The number of hydrogen-bond donors (Lipinski definition) is 0. The zero-order valence-electron chi connectivity index (χ0n) is 9.31. The Morgan fingerprint density at radius 2 is 2.12 bits per heavy atom. The molecule has 0 spiro atoms. The van der Waals surface area contributed by atoms with Gasteiger partial charge in [0.25, 0.3) is 0 Å². The number of aromatic nitrogens is 3. The Bertz CT molecular complexity index is 600. The molecule has 0 atom stereocenters. The number of aryl methyl sites for hydroxylation is 1. The monoisotopic (exact) mass is 248 g/mol. The second-order valence-corrected chi connectivity index (χ2v) is 4.52. The van der Waals surface area contributed by atoms with Crippen LogP contribution in [0.4, 0.5) is 4.39 Å². The molecule has 2 aromatic rings. The van der Waals surface area contributed by atoms with Gasteiger partial charge in [0.05, 0.1) is 11.6 Å². The highest BCUT2D eigenvalue weighted by Crippen LogP contribution is 2.27. The van der Waals surface area contributed by atoms with E-state index < -0.39 is 5.82 Å². The zero-order valence-corrected chi connectivity index (χ0v) is 10.1. The minimum absolute atomic E-state index is 0.298. The summed E-state index contributed by atoms with van der Waals surface area (Å²) in [6.07, 6.45) is 0. The predicted molar refractivity (Wildman–Crippen MR) is 61.0 cm³/mol. The summed E-state index contributed by atoms with van der Waals surface area (Å²) in [5.41, 5.74) is 0.298. The van der Waals surface area contributed by atoms with Gasteiger partial charge in [0.2, 0.25) is 0 Å². The molecule has 0 saturated carbocycles. The Morgan fingerprint density at radius 1 is 1.35 bits per heavy atom. The molecule has 6 heteroatoms. The third kappa shape index (κ3) is 2.45. The summed E-state index contributed by atoms with van der Waals surface area (Å²) in [4.78, 5) is 0.636. The van der Waals surface area contributed by atoms with Crippen LogP contribution in [0, 0.1) is 24.1 Å². The van der Waals surface area contributed by atoms with Crippen LogP contribution in [0.15, 0.2) is 28.3 Å². The van der Waals surface area contributed by atoms with E-state index in [2.05, 4.69) is 10.2 Å². The molecule has 0 aliphatic heterocycles. The Labute approximate surface area is 102 Å². The van der Waals surface area contributed by atoms with E-state index in [-0.39, 0.29) is 0 Å². The Kier molecular flexibility index (Phi) is 3.11. The molecule has 0 aliphatic rings. The van der Waals surface area contributed by atoms with Crippen LogP contribution in [-0.2, 0) is 7.05 Å². The molecular formula is C11H9FN4S. The predicted octanol–water partition coefficient (Wildman–Crippen LogP) is 2.29. The molecule has 0 fully saturated rings. The van der Waals surface area contributed by atoms with Crippen molar-refractivity contribution in [3.63, 3.8) is 0 Å². The largest absolute Gasteiger partial charge is 0.309 e. The van der Waals surface area contributed by atoms with Crippen LogP contribution in [0.2, 0.25) is 0 Å². The number of hydrogen-bond acceptors (Lipinski definition) is 4. The van der Waals surface area contributed by atoms with Crippen LogP contribution in [-0.4, -0.2) is 14.8 Å². The van der Waals surface area contributed by atoms with Crippen LogP contribution in [0.25, 0.3) is 0 Å². The standard InChI is InChI=1S/C11H9FN4S/c1-7-14-15-11(16(7)2)17-10-4-8(6-13)3-9(12)5-10/h3-5H,1-2H3. The van der Waals surface area contributed by atoms with Gasteiger partial charge < -0.3 is 4.57 Å². The van der Waals surface area contributed by atoms with Crippen LogP contribution < -0.4 is 0 Å². The lowest BCUT2D eigenvalue weighted by molar-refractivity contribution is 0.623. The van der Waals surface area contributed by atoms with Crippen LogP contribution in [0.5, 0.6) is 0 Å². The summed E-state index contributed by atoms with van der Waals surface area (Å²) in [7, 11) is 1.84. The molecule has 0 aliphatic carbocycles. The van der Waals surface area contributed by atoms with Gasteiger partial charge in [-0.1, -0.05) is 0 Å². The summed E-state index contributed by atoms with van der Waals surface area (Å²) in [5.74, 6) is 0.356. The van der Waals surface area contributed by atoms with Crippen molar-refractivity contribution >= 4 is 11.8 Å². The Balaban J connectivity index is 2.33. The first kappa shape index (κ1) is 11.6. The van der Waals surface area contributed by atoms with E-state index in [1.54, 1.807) is 6.07 Å². The highest BCUT2D eigenvalue weighted by molar-refractivity contribution is 7.99. The smallest absolute Gasteiger partial charge is 0.195 e. The van der Waals surface area contributed by atoms with Crippen molar-refractivity contribution in [1.29, 1.82) is 5.26 Å². The number of benzene rings is 1. The second kappa shape index (κ2) is 4.55. The van der Waals surface area contributed by atoms with Crippen LogP contribution in [0.1, 0.15) is 11.4 Å². The number of halogens is 1. The number of nitriles is 1. The average Bonchev–Trinajstić information content (AvgIpc) is 2.60. The first-order valence-electron chi connectivity index (χ1n) is 4.84. The lowest BCUT2D eigenvalue weighted by Gasteiger charge is -2.02. The summed E-state index contributed by atoms with van der Waals surface area (Å²) in [6.45, 7) is 1.84. The molecule has 0 bridgehead atoms. The summed E-state index contributed by atoms with van der Waals surface area (Å²) < 4.78 is 15.0. The van der Waals surface area contributed by atoms with Gasteiger partial charge in [-0.2, -0.15) is 5.26 Å². The fourth-order valence-corrected chi connectivity index (χ4v) is 2.19. The number of rotatable bonds is 2. The highest BCUT2D eigenvalue weighted by atomic mass is 32.2. The topological polar surface area (TPSA) is 54.5 Å². The fraction of sp³-hybridized carbons (Fsp3) is 0.182. The molecule has 1 heterocycles. The summed E-state index contributed by atoms with van der Waals surface area (Å²) in [5, 5.41) is 17.3. The van der Waals surface area contributed by atoms with E-state index in [0.29, 0.717) is 15.6 Å². The molecule has 2 rings (SSSR count). The lowest BCUT2D eigenvalue weighted by Crippen LogP contribution is -1.93. The molecule has 86 valence electrons. The van der Waals surface area contributed by atoms with E-state index in [1.165, 1.54) is 23.9 Å². The van der Waals surface area contributed by atoms with Gasteiger partial charge in [-0.3, -0.25) is 0 Å². The van der Waals surface area contributed by atoms with Crippen molar-refractivity contribution in [3.05, 3.63) is 35.4 Å². The van der Waals surface area contributed by atoms with E-state index in [9.17, 15) is 4.39 Å². The van der Waals surface area contributed by atoms with Gasteiger partial charge >= 0.3 is 0 Å². The van der Waals surface area contributed by atoms with E-state index in [0.717, 1.165) is 5.82 Å². The molecule has 4 nitrogen and oxygen atoms in total. The normalized spacial score (nSPS) is 10.2. The third-order valence-corrected chi connectivity index (χ3v) is 3.27. The molecule has 0 N–H and O–H groups in total. The molecule has 17 heavy (non-hydrogen) atoms. The third-order valence-electron chi connectivity index (χ3n) is 2.26. The average molecular weight is 248 g/mol. The van der Waals surface area contributed by atoms with E-state index in [1.807, 2.05) is 24.6 Å². The van der Waals surface area contributed by atoms with Crippen molar-refractivity contribution in [3.8, 4) is 6.07 Å². The van der Waals surface area contributed by atoms with Gasteiger partial charge in [-0.05, 0) is 36.9 Å². The first-order valence-corrected chi connectivity index (χ1v) is 5.66. The maximum Gasteiger partial charge on any atom is 0.195 e. The Hall–Kier alpha value is -1.87. The van der Waals surface area contributed by atoms with Crippen molar-refractivity contribution in [2.45, 2.75) is 17.0 Å². The lowest BCUT2D eigenvalue weighted by atomic mass is 10.2. The van der Waals surface area contributed by atoms with Gasteiger partial charge in [0.15, 0.2) is 5.16 Å². The van der Waals surface area contributed by atoms with Gasteiger partial charge in [-0.25, -0.2) is 4.39 Å². The Morgan fingerprint density at radius 3 is 2.71 bits per heavy atom. The minimum atomic E-state index is -0.426. The molecule has 0 amide bonds. The molecule has 0 unspecified atom stereocenters. The molecular weight excluding hydrogens is 239 g/mol. The fourth-order valence-electron chi connectivity index (χ4n) is 1.27. The molecule has 1 aromatic carbocycles. The van der Waals surface area contributed by atoms with Crippen LogP contribution >= 0.6 is 11.8 Å². The minimum Gasteiger partial charge on any atom is -0.309 e. The first-order chi connectivity index (χ1) is 8.10. The molecule has 0 saturated heterocycles. The zero-order chi connectivity index (χ0) is 12.4.